The minimum absolute atomic E-state index is 0.0939. The summed E-state index contributed by atoms with van der Waals surface area (Å²) in [6, 6.07) is 2.39. The molecule has 1 aromatic rings. The van der Waals surface area contributed by atoms with E-state index in [1.807, 2.05) is 0 Å². The highest BCUT2D eigenvalue weighted by Gasteiger charge is 2.30. The molecule has 1 amide bonds. The van der Waals surface area contributed by atoms with Crippen LogP contribution < -0.4 is 5.32 Å². The van der Waals surface area contributed by atoms with Crippen LogP contribution in [0.2, 0.25) is 0 Å². The van der Waals surface area contributed by atoms with Crippen LogP contribution in [0, 0.1) is 5.92 Å². The number of hydrogen-bond acceptors (Lipinski definition) is 5. The van der Waals surface area contributed by atoms with Gasteiger partial charge in [-0.15, -0.1) is 0 Å². The van der Waals surface area contributed by atoms with E-state index in [2.05, 4.69) is 21.4 Å². The Labute approximate surface area is 142 Å². The summed E-state index contributed by atoms with van der Waals surface area (Å²) in [6.45, 7) is 4.17. The van der Waals surface area contributed by atoms with Gasteiger partial charge in [0.2, 0.25) is 5.91 Å². The van der Waals surface area contributed by atoms with Crippen LogP contribution in [0.4, 0.5) is 0 Å². The van der Waals surface area contributed by atoms with E-state index >= 15 is 0 Å². The highest BCUT2D eigenvalue weighted by molar-refractivity contribution is 5.79. The molecule has 2 aliphatic heterocycles. The van der Waals surface area contributed by atoms with Crippen molar-refractivity contribution in [1.29, 1.82) is 0 Å². The van der Waals surface area contributed by atoms with Crippen molar-refractivity contribution >= 4 is 5.91 Å². The van der Waals surface area contributed by atoms with E-state index in [9.17, 15) is 4.79 Å². The van der Waals surface area contributed by atoms with Gasteiger partial charge in [-0.1, -0.05) is 5.16 Å². The summed E-state index contributed by atoms with van der Waals surface area (Å²) in [6.07, 6.45) is 6.38. The third-order valence-electron chi connectivity index (χ3n) is 5.39. The maximum Gasteiger partial charge on any atom is 0.224 e. The van der Waals surface area contributed by atoms with Crippen molar-refractivity contribution in [2.75, 3.05) is 26.3 Å². The molecule has 0 radical (unpaired) electrons. The number of piperidine rings is 1. The van der Waals surface area contributed by atoms with Gasteiger partial charge in [-0.2, -0.15) is 0 Å². The zero-order valence-corrected chi connectivity index (χ0v) is 14.2. The zero-order valence-electron chi connectivity index (χ0n) is 14.2. The van der Waals surface area contributed by atoms with Crippen molar-refractivity contribution in [3.05, 3.63) is 17.5 Å². The highest BCUT2D eigenvalue weighted by atomic mass is 16.5. The van der Waals surface area contributed by atoms with Crippen LogP contribution in [0.5, 0.6) is 0 Å². The molecule has 132 valence electrons. The normalized spacial score (nSPS) is 26.4. The molecule has 0 bridgehead atoms. The number of carbonyl (C=O) groups excluding carboxylic acids is 1. The summed E-state index contributed by atoms with van der Waals surface area (Å²) < 4.78 is 10.8. The maximum absolute atomic E-state index is 12.6. The minimum atomic E-state index is 0.0939. The molecule has 24 heavy (non-hydrogen) atoms. The summed E-state index contributed by atoms with van der Waals surface area (Å²) in [4.78, 5) is 14.9. The van der Waals surface area contributed by atoms with Gasteiger partial charge in [0.15, 0.2) is 0 Å². The molecule has 6 nitrogen and oxygen atoms in total. The Balaban J connectivity index is 1.28. The number of amides is 1. The van der Waals surface area contributed by atoms with Crippen molar-refractivity contribution in [2.24, 2.45) is 5.92 Å². The van der Waals surface area contributed by atoms with Crippen LogP contribution in [-0.4, -0.2) is 48.3 Å². The second kappa shape index (κ2) is 7.23. The molecular weight excluding hydrogens is 306 g/mol. The lowest BCUT2D eigenvalue weighted by molar-refractivity contribution is -0.128. The predicted molar refractivity (Wildman–Crippen MR) is 88.5 cm³/mol. The molecule has 1 saturated carbocycles. The Hall–Kier alpha value is -1.40. The Morgan fingerprint density at radius 2 is 2.08 bits per heavy atom. The fourth-order valence-electron chi connectivity index (χ4n) is 3.77. The first-order valence-electron chi connectivity index (χ1n) is 9.34. The monoisotopic (exact) mass is 333 g/mol. The number of nitrogens with zero attached hydrogens (tertiary/aromatic N) is 2. The van der Waals surface area contributed by atoms with Crippen LogP contribution in [0.3, 0.4) is 0 Å². The molecule has 3 aliphatic rings. The van der Waals surface area contributed by atoms with Gasteiger partial charge in [-0.05, 0) is 45.1 Å². The SMILES string of the molecule is O=C(NC1CCOCC1)C1CCCN(Cc2cc(C3CC3)on2)C1. The number of nitrogens with one attached hydrogen (secondary N) is 1. The quantitative estimate of drug-likeness (QED) is 0.893. The second-order valence-corrected chi connectivity index (χ2v) is 7.46. The molecule has 6 heteroatoms. The van der Waals surface area contributed by atoms with E-state index in [1.54, 1.807) is 0 Å². The van der Waals surface area contributed by atoms with Crippen molar-refractivity contribution in [1.82, 2.24) is 15.4 Å². The first-order valence-corrected chi connectivity index (χ1v) is 9.34. The van der Waals surface area contributed by atoms with Crippen LogP contribution in [0.25, 0.3) is 0 Å². The summed E-state index contributed by atoms with van der Waals surface area (Å²) >= 11 is 0. The Kier molecular flexibility index (Phi) is 4.85. The van der Waals surface area contributed by atoms with Gasteiger partial charge in [0, 0.05) is 44.3 Å². The van der Waals surface area contributed by atoms with E-state index in [1.165, 1.54) is 12.8 Å². The molecule has 0 aromatic carbocycles. The fourth-order valence-corrected chi connectivity index (χ4v) is 3.77. The highest BCUT2D eigenvalue weighted by Crippen LogP contribution is 2.40. The number of rotatable bonds is 5. The summed E-state index contributed by atoms with van der Waals surface area (Å²) in [5, 5.41) is 7.42. The molecule has 0 spiro atoms. The largest absolute Gasteiger partial charge is 0.381 e. The average molecular weight is 333 g/mol. The lowest BCUT2D eigenvalue weighted by Gasteiger charge is -2.33. The van der Waals surface area contributed by atoms with Crippen LogP contribution in [0.15, 0.2) is 10.6 Å². The molecule has 1 aliphatic carbocycles. The zero-order chi connectivity index (χ0) is 16.4. The summed E-state index contributed by atoms with van der Waals surface area (Å²) in [5.41, 5.74) is 1.00. The standard InChI is InChI=1S/C18H27N3O3/c22-18(19-15-5-8-23-9-6-15)14-2-1-7-21(11-14)12-16-10-17(24-20-16)13-3-4-13/h10,13-15H,1-9,11-12H2,(H,19,22). The first-order chi connectivity index (χ1) is 11.8. The Bertz CT molecular complexity index is 564. The second-order valence-electron chi connectivity index (χ2n) is 7.46. The fraction of sp³-hybridized carbons (Fsp3) is 0.778. The lowest BCUT2D eigenvalue weighted by atomic mass is 9.96. The predicted octanol–water partition coefficient (Wildman–Crippen LogP) is 2.06. The maximum atomic E-state index is 12.6. The molecule has 1 unspecified atom stereocenters. The number of carbonyl (C=O) groups is 1. The molecule has 3 heterocycles. The van der Waals surface area contributed by atoms with Crippen molar-refractivity contribution in [2.45, 2.75) is 57.0 Å². The third-order valence-corrected chi connectivity index (χ3v) is 5.39. The van der Waals surface area contributed by atoms with Crippen LogP contribution in [-0.2, 0) is 16.1 Å². The van der Waals surface area contributed by atoms with Gasteiger partial charge in [0.05, 0.1) is 11.6 Å². The number of aromatic nitrogens is 1. The average Bonchev–Trinajstić information content (AvgIpc) is 3.36. The summed E-state index contributed by atoms with van der Waals surface area (Å²) in [7, 11) is 0. The number of ether oxygens (including phenoxy) is 1. The molecule has 1 aromatic heterocycles. The topological polar surface area (TPSA) is 67.6 Å². The van der Waals surface area contributed by atoms with Crippen molar-refractivity contribution in [3.8, 4) is 0 Å². The van der Waals surface area contributed by atoms with Gasteiger partial charge < -0.3 is 14.6 Å². The van der Waals surface area contributed by atoms with E-state index in [4.69, 9.17) is 9.26 Å². The van der Waals surface area contributed by atoms with Crippen molar-refractivity contribution in [3.63, 3.8) is 0 Å². The van der Waals surface area contributed by atoms with Crippen LogP contribution >= 0.6 is 0 Å². The lowest BCUT2D eigenvalue weighted by Crippen LogP contribution is -2.47. The third kappa shape index (κ3) is 3.98. The molecular formula is C18H27N3O3. The molecule has 2 saturated heterocycles. The molecule has 4 rings (SSSR count). The smallest absolute Gasteiger partial charge is 0.224 e. The van der Waals surface area contributed by atoms with Gasteiger partial charge in [-0.3, -0.25) is 9.69 Å². The van der Waals surface area contributed by atoms with Crippen molar-refractivity contribution < 1.29 is 14.1 Å². The van der Waals surface area contributed by atoms with E-state index in [0.717, 1.165) is 70.0 Å². The first kappa shape index (κ1) is 16.1. The number of hydrogen-bond donors (Lipinski definition) is 1. The Morgan fingerprint density at radius 3 is 2.88 bits per heavy atom. The molecule has 1 N–H and O–H groups in total. The Morgan fingerprint density at radius 1 is 1.25 bits per heavy atom. The van der Waals surface area contributed by atoms with E-state index in [-0.39, 0.29) is 11.8 Å². The molecule has 3 fully saturated rings. The van der Waals surface area contributed by atoms with E-state index in [0.29, 0.717) is 12.0 Å². The summed E-state index contributed by atoms with van der Waals surface area (Å²) in [5.74, 6) is 1.95. The van der Waals surface area contributed by atoms with Crippen LogP contribution in [0.1, 0.15) is 55.9 Å². The van der Waals surface area contributed by atoms with Gasteiger partial charge in [0.25, 0.3) is 0 Å². The molecule has 1 atom stereocenters. The minimum Gasteiger partial charge on any atom is -0.381 e. The van der Waals surface area contributed by atoms with E-state index < -0.39 is 0 Å². The van der Waals surface area contributed by atoms with Gasteiger partial charge >= 0.3 is 0 Å². The van der Waals surface area contributed by atoms with Gasteiger partial charge in [-0.25, -0.2) is 0 Å². The number of likely N-dealkylation sites (tertiary alicyclic amines) is 1. The van der Waals surface area contributed by atoms with Gasteiger partial charge in [0.1, 0.15) is 5.76 Å².